The fourth-order valence-electron chi connectivity index (χ4n) is 2.81. The second-order valence-electron chi connectivity index (χ2n) is 9.36. The molecule has 1 heterocycles. The van der Waals surface area contributed by atoms with Gasteiger partial charge >= 0.3 is 0 Å². The zero-order chi connectivity index (χ0) is 17.3. The van der Waals surface area contributed by atoms with Gasteiger partial charge in [-0.3, -0.25) is 4.79 Å². The minimum atomic E-state index is -1.85. The number of nitrogens with zero attached hydrogens (tertiary/aromatic N) is 1. The molecular formula is C18H35NOSi2. The molecule has 0 radical (unpaired) electrons. The van der Waals surface area contributed by atoms with E-state index in [4.69, 9.17) is 0 Å². The minimum Gasteiger partial charge on any atom is -0.363 e. The summed E-state index contributed by atoms with van der Waals surface area (Å²) in [6.45, 7) is 22.5. The molecule has 0 saturated carbocycles. The summed E-state index contributed by atoms with van der Waals surface area (Å²) >= 11 is 0. The Kier molecular flexibility index (Phi) is 5.72. The largest absolute Gasteiger partial charge is 0.363 e. The molecule has 1 saturated heterocycles. The topological polar surface area (TPSA) is 20.3 Å². The first-order chi connectivity index (χ1) is 9.81. The summed E-state index contributed by atoms with van der Waals surface area (Å²) in [4.78, 5) is 13.0. The average Bonchev–Trinajstić information content (AvgIpc) is 2.63. The molecule has 4 heteroatoms. The third-order valence-corrected chi connectivity index (χ3v) is 12.1. The Morgan fingerprint density at radius 2 is 1.77 bits per heavy atom. The van der Waals surface area contributed by atoms with Crippen molar-refractivity contribution in [2.75, 3.05) is 0 Å². The Hall–Kier alpha value is -0.616. The van der Waals surface area contributed by atoms with E-state index in [9.17, 15) is 4.79 Å². The van der Waals surface area contributed by atoms with E-state index < -0.39 is 16.3 Å². The summed E-state index contributed by atoms with van der Waals surface area (Å²) in [6, 6.07) is 1.35. The van der Waals surface area contributed by atoms with E-state index >= 15 is 0 Å². The molecule has 0 bridgehead atoms. The third kappa shape index (κ3) is 4.22. The van der Waals surface area contributed by atoms with Gasteiger partial charge in [-0.25, -0.2) is 0 Å². The molecule has 1 aliphatic rings. The highest BCUT2D eigenvalue weighted by Gasteiger charge is 2.50. The normalized spacial score (nSPS) is 24.4. The number of carbonyl (C=O) groups excluding carboxylic acids is 1. The zero-order valence-corrected chi connectivity index (χ0v) is 17.9. The Labute approximate surface area is 139 Å². The van der Waals surface area contributed by atoms with Crippen LogP contribution in [-0.4, -0.2) is 32.8 Å². The molecule has 1 fully saturated rings. The average molecular weight is 338 g/mol. The molecule has 0 aromatic rings. The van der Waals surface area contributed by atoms with E-state index in [2.05, 4.69) is 76.8 Å². The fraction of sp³-hybridized carbons (Fsp3) is 0.722. The van der Waals surface area contributed by atoms with Gasteiger partial charge in [0.05, 0.1) is 5.92 Å². The van der Waals surface area contributed by atoms with Crippen LogP contribution in [0, 0.1) is 5.92 Å². The van der Waals surface area contributed by atoms with E-state index in [0.29, 0.717) is 5.91 Å². The molecule has 1 amide bonds. The quantitative estimate of drug-likeness (QED) is 0.493. The van der Waals surface area contributed by atoms with Crippen molar-refractivity contribution in [2.24, 2.45) is 5.92 Å². The van der Waals surface area contributed by atoms with E-state index in [1.54, 1.807) is 0 Å². The van der Waals surface area contributed by atoms with Crippen LogP contribution in [0.4, 0.5) is 0 Å². The fourth-order valence-corrected chi connectivity index (χ4v) is 6.13. The Morgan fingerprint density at radius 3 is 2.18 bits per heavy atom. The zero-order valence-electron chi connectivity index (χ0n) is 15.9. The number of allylic oxidation sites excluding steroid dienone is 1. The van der Waals surface area contributed by atoms with Gasteiger partial charge in [-0.1, -0.05) is 71.7 Å². The van der Waals surface area contributed by atoms with Crippen LogP contribution in [0.2, 0.25) is 43.8 Å². The lowest BCUT2D eigenvalue weighted by Gasteiger charge is -2.46. The second kappa shape index (κ2) is 6.48. The van der Waals surface area contributed by atoms with Crippen molar-refractivity contribution in [3.63, 3.8) is 0 Å². The number of carbonyl (C=O) groups is 1. The van der Waals surface area contributed by atoms with Crippen molar-refractivity contribution in [1.82, 2.24) is 4.57 Å². The van der Waals surface area contributed by atoms with E-state index in [1.165, 1.54) is 0 Å². The minimum absolute atomic E-state index is 0.0495. The van der Waals surface area contributed by atoms with Crippen LogP contribution in [0.5, 0.6) is 0 Å². The van der Waals surface area contributed by atoms with Gasteiger partial charge < -0.3 is 4.57 Å². The summed E-state index contributed by atoms with van der Waals surface area (Å²) < 4.78 is 2.21. The Balaban J connectivity index is 2.98. The van der Waals surface area contributed by atoms with Crippen molar-refractivity contribution in [2.45, 2.75) is 77.1 Å². The maximum Gasteiger partial charge on any atom is 0.222 e. The first-order valence-corrected chi connectivity index (χ1v) is 15.1. The molecule has 2 atom stereocenters. The molecule has 0 unspecified atom stereocenters. The smallest absolute Gasteiger partial charge is 0.222 e. The van der Waals surface area contributed by atoms with Crippen LogP contribution >= 0.6 is 0 Å². The molecule has 0 N–H and O–H groups in total. The predicted octanol–water partition coefficient (Wildman–Crippen LogP) is 5.29. The van der Waals surface area contributed by atoms with Crippen LogP contribution in [-0.2, 0) is 4.79 Å². The SMILES string of the molecule is C=C[C@H]1C[C@@H](/C=C/C[Si](C)(C)C)C(=O)N1[Si](C)(C)C(C)(C)C. The van der Waals surface area contributed by atoms with Crippen molar-refractivity contribution in [1.29, 1.82) is 0 Å². The van der Waals surface area contributed by atoms with Gasteiger partial charge in [0.2, 0.25) is 5.91 Å². The monoisotopic (exact) mass is 337 g/mol. The van der Waals surface area contributed by atoms with Crippen molar-refractivity contribution >= 4 is 22.2 Å². The van der Waals surface area contributed by atoms with E-state index in [0.717, 1.165) is 12.5 Å². The molecule has 0 aromatic carbocycles. The van der Waals surface area contributed by atoms with Crippen LogP contribution < -0.4 is 0 Å². The van der Waals surface area contributed by atoms with E-state index in [-0.39, 0.29) is 17.0 Å². The number of hydrogen-bond donors (Lipinski definition) is 0. The summed E-state index contributed by atoms with van der Waals surface area (Å²) in [6.07, 6.45) is 7.30. The van der Waals surface area contributed by atoms with Crippen LogP contribution in [0.1, 0.15) is 27.2 Å². The molecule has 2 nitrogen and oxygen atoms in total. The standard InChI is InChI=1S/C18H35NOSi2/c1-10-16-14-15(12-11-13-21(5,6)7)17(20)19(16)22(8,9)18(2,3)4/h10-12,15-16H,1,13-14H2,2-9H3/b12-11+/t15-,16+/m1/s1. The second-order valence-corrected chi connectivity index (χ2v) is 20.0. The summed E-state index contributed by atoms with van der Waals surface area (Å²) in [5, 5.41) is 0.168. The molecule has 0 spiro atoms. The highest BCUT2D eigenvalue weighted by Crippen LogP contribution is 2.43. The lowest BCUT2D eigenvalue weighted by atomic mass is 10.0. The predicted molar refractivity (Wildman–Crippen MR) is 103 cm³/mol. The lowest BCUT2D eigenvalue weighted by Crippen LogP contribution is -2.58. The maximum absolute atomic E-state index is 13.0. The van der Waals surface area contributed by atoms with E-state index in [1.807, 2.05) is 6.08 Å². The van der Waals surface area contributed by atoms with Gasteiger partial charge in [0.25, 0.3) is 0 Å². The Morgan fingerprint density at radius 1 is 1.23 bits per heavy atom. The molecule has 1 aliphatic heterocycles. The molecular weight excluding hydrogens is 302 g/mol. The highest BCUT2D eigenvalue weighted by molar-refractivity contribution is 6.79. The van der Waals surface area contributed by atoms with Crippen LogP contribution in [0.25, 0.3) is 0 Å². The van der Waals surface area contributed by atoms with Crippen LogP contribution in [0.15, 0.2) is 24.8 Å². The van der Waals surface area contributed by atoms with Crippen LogP contribution in [0.3, 0.4) is 0 Å². The Bertz CT molecular complexity index is 455. The lowest BCUT2D eigenvalue weighted by molar-refractivity contribution is -0.126. The first kappa shape index (κ1) is 19.4. The third-order valence-electron chi connectivity index (χ3n) is 5.19. The van der Waals surface area contributed by atoms with Gasteiger partial charge in [0.1, 0.15) is 0 Å². The number of amides is 1. The number of rotatable bonds is 5. The molecule has 0 aliphatic carbocycles. The summed E-state index contributed by atoms with van der Waals surface area (Å²) in [7, 11) is -2.93. The molecule has 1 rings (SSSR count). The maximum atomic E-state index is 13.0. The summed E-state index contributed by atoms with van der Waals surface area (Å²) in [5.74, 6) is 0.372. The molecule has 0 aromatic heterocycles. The van der Waals surface area contributed by atoms with Gasteiger partial charge in [-0.15, -0.1) is 6.58 Å². The van der Waals surface area contributed by atoms with Crippen molar-refractivity contribution < 1.29 is 4.79 Å². The molecule has 126 valence electrons. The first-order valence-electron chi connectivity index (χ1n) is 8.43. The molecule has 22 heavy (non-hydrogen) atoms. The number of hydrogen-bond acceptors (Lipinski definition) is 1. The highest BCUT2D eigenvalue weighted by atomic mass is 28.3. The van der Waals surface area contributed by atoms with Crippen molar-refractivity contribution in [3.05, 3.63) is 24.8 Å². The van der Waals surface area contributed by atoms with Gasteiger partial charge in [0.15, 0.2) is 8.24 Å². The van der Waals surface area contributed by atoms with Gasteiger partial charge in [-0.2, -0.15) is 0 Å². The summed E-state index contributed by atoms with van der Waals surface area (Å²) in [5.41, 5.74) is 0. The van der Waals surface area contributed by atoms with Gasteiger partial charge in [-0.05, 0) is 17.5 Å². The van der Waals surface area contributed by atoms with Crippen molar-refractivity contribution in [3.8, 4) is 0 Å². The van der Waals surface area contributed by atoms with Gasteiger partial charge in [0, 0.05) is 14.1 Å².